The maximum absolute atomic E-state index is 11.9. The highest BCUT2D eigenvalue weighted by Gasteiger charge is 2.18. The van der Waals surface area contributed by atoms with Crippen LogP contribution in [0.3, 0.4) is 0 Å². The zero-order valence-corrected chi connectivity index (χ0v) is 10.6. The largest absolute Gasteiger partial charge is 0.414 e. The Kier molecular flexibility index (Phi) is 3.21. The smallest absolute Gasteiger partial charge is 0.366 e. The molecule has 0 radical (unpaired) electrons. The Bertz CT molecular complexity index is 722. The van der Waals surface area contributed by atoms with Crippen molar-refractivity contribution < 1.29 is 17.5 Å². The molecule has 2 rings (SSSR count). The summed E-state index contributed by atoms with van der Waals surface area (Å²) < 4.78 is 29.4. The minimum absolute atomic E-state index is 0.137. The first-order valence-corrected chi connectivity index (χ1v) is 6.46. The lowest BCUT2D eigenvalue weighted by molar-refractivity contribution is -0.384. The fourth-order valence-electron chi connectivity index (χ4n) is 1.41. The van der Waals surface area contributed by atoms with E-state index in [2.05, 4.69) is 4.98 Å². The van der Waals surface area contributed by atoms with Crippen LogP contribution in [0.5, 0.6) is 5.75 Å². The zero-order chi connectivity index (χ0) is 14.0. The number of nitrogens with zero attached hydrogens (tertiary/aromatic N) is 3. The Balaban J connectivity index is 2.34. The third kappa shape index (κ3) is 2.71. The molecule has 9 heteroatoms. The van der Waals surface area contributed by atoms with Crippen molar-refractivity contribution in [1.29, 1.82) is 0 Å². The molecule has 0 fully saturated rings. The summed E-state index contributed by atoms with van der Waals surface area (Å²) >= 11 is 0. The lowest BCUT2D eigenvalue weighted by Crippen LogP contribution is -2.19. The Hall–Kier alpha value is -2.42. The monoisotopic (exact) mass is 283 g/mol. The number of non-ortho nitro benzene ring substituents is 1. The van der Waals surface area contributed by atoms with Crippen LogP contribution < -0.4 is 4.18 Å². The number of benzene rings is 1. The van der Waals surface area contributed by atoms with Crippen LogP contribution in [0.4, 0.5) is 5.69 Å². The van der Waals surface area contributed by atoms with Gasteiger partial charge in [-0.3, -0.25) is 10.1 Å². The molecular weight excluding hydrogens is 274 g/mol. The van der Waals surface area contributed by atoms with Crippen LogP contribution >= 0.6 is 0 Å². The van der Waals surface area contributed by atoms with Crippen LogP contribution in [-0.2, 0) is 10.3 Å². The van der Waals surface area contributed by atoms with E-state index in [1.54, 1.807) is 0 Å². The summed E-state index contributed by atoms with van der Waals surface area (Å²) in [5.74, 6) is 0.0905. The van der Waals surface area contributed by atoms with Crippen LogP contribution in [0.15, 0.2) is 36.7 Å². The molecule has 0 N–H and O–H groups in total. The number of aryl methyl sites for hydroxylation is 1. The fourth-order valence-corrected chi connectivity index (χ4v) is 2.41. The third-order valence-corrected chi connectivity index (χ3v) is 3.52. The van der Waals surface area contributed by atoms with Crippen molar-refractivity contribution in [3.8, 4) is 5.75 Å². The molecule has 1 heterocycles. The summed E-state index contributed by atoms with van der Waals surface area (Å²) in [7, 11) is -4.11. The Morgan fingerprint density at radius 1 is 1.42 bits per heavy atom. The standard InChI is InChI=1S/C10H9N3O5S/c1-8-11-5-6-12(8)19(16,17)18-10-4-2-3-9(7-10)13(14)15/h2-7H,1H3. The SMILES string of the molecule is Cc1nccn1S(=O)(=O)Oc1cccc([N+](=O)[O-])c1. The molecule has 0 aliphatic heterocycles. The number of imidazole rings is 1. The minimum atomic E-state index is -4.11. The second-order valence-electron chi connectivity index (χ2n) is 3.57. The second kappa shape index (κ2) is 4.69. The molecule has 0 saturated heterocycles. The summed E-state index contributed by atoms with van der Waals surface area (Å²) in [6.07, 6.45) is 2.53. The first-order chi connectivity index (χ1) is 8.90. The van der Waals surface area contributed by atoms with E-state index in [1.165, 1.54) is 37.5 Å². The quantitative estimate of drug-likeness (QED) is 0.618. The molecule has 8 nitrogen and oxygen atoms in total. The molecule has 1 aromatic heterocycles. The van der Waals surface area contributed by atoms with Crippen LogP contribution in [0.1, 0.15) is 5.82 Å². The Labute approximate surface area is 108 Å². The summed E-state index contributed by atoms with van der Waals surface area (Å²) in [4.78, 5) is 13.7. The predicted octanol–water partition coefficient (Wildman–Crippen LogP) is 1.27. The average molecular weight is 283 g/mol. The molecule has 0 aliphatic rings. The molecule has 19 heavy (non-hydrogen) atoms. The van der Waals surface area contributed by atoms with Crippen molar-refractivity contribution in [3.63, 3.8) is 0 Å². The molecule has 0 aliphatic carbocycles. The van der Waals surface area contributed by atoms with E-state index in [0.29, 0.717) is 0 Å². The molecule has 0 unspecified atom stereocenters. The molecule has 0 bridgehead atoms. The van der Waals surface area contributed by atoms with Gasteiger partial charge in [-0.2, -0.15) is 12.4 Å². The molecule has 1 aromatic carbocycles. The number of aromatic nitrogens is 2. The number of hydrogen-bond acceptors (Lipinski definition) is 6. The molecule has 0 saturated carbocycles. The van der Waals surface area contributed by atoms with Crippen LogP contribution in [0.25, 0.3) is 0 Å². The highest BCUT2D eigenvalue weighted by Crippen LogP contribution is 2.21. The van der Waals surface area contributed by atoms with E-state index in [9.17, 15) is 18.5 Å². The van der Waals surface area contributed by atoms with Crippen molar-refractivity contribution in [1.82, 2.24) is 8.96 Å². The van der Waals surface area contributed by atoms with Crippen LogP contribution in [0, 0.1) is 17.0 Å². The minimum Gasteiger partial charge on any atom is -0.366 e. The molecule has 0 amide bonds. The van der Waals surface area contributed by atoms with Gasteiger partial charge < -0.3 is 4.18 Å². The average Bonchev–Trinajstić information content (AvgIpc) is 2.76. The zero-order valence-electron chi connectivity index (χ0n) is 9.76. The van der Waals surface area contributed by atoms with Gasteiger partial charge in [-0.15, -0.1) is 0 Å². The van der Waals surface area contributed by atoms with Gasteiger partial charge in [0.1, 0.15) is 5.82 Å². The van der Waals surface area contributed by atoms with E-state index >= 15 is 0 Å². The van der Waals surface area contributed by atoms with E-state index in [-0.39, 0.29) is 17.3 Å². The van der Waals surface area contributed by atoms with Crippen molar-refractivity contribution in [2.24, 2.45) is 0 Å². The van der Waals surface area contributed by atoms with Gasteiger partial charge in [0.15, 0.2) is 5.75 Å². The topological polar surface area (TPSA) is 104 Å². The van der Waals surface area contributed by atoms with E-state index in [1.807, 2.05) is 0 Å². The maximum Gasteiger partial charge on any atom is 0.414 e. The number of hydrogen-bond donors (Lipinski definition) is 0. The van der Waals surface area contributed by atoms with Crippen LogP contribution in [-0.4, -0.2) is 22.3 Å². The third-order valence-electron chi connectivity index (χ3n) is 2.25. The van der Waals surface area contributed by atoms with Crippen LogP contribution in [0.2, 0.25) is 0 Å². The van der Waals surface area contributed by atoms with Gasteiger partial charge in [0.25, 0.3) is 5.69 Å². The fraction of sp³-hybridized carbons (Fsp3) is 0.100. The van der Waals surface area contributed by atoms with Crippen molar-refractivity contribution in [3.05, 3.63) is 52.6 Å². The summed E-state index contributed by atoms with van der Waals surface area (Å²) in [5, 5.41) is 10.6. The van der Waals surface area contributed by atoms with Gasteiger partial charge in [-0.05, 0) is 13.0 Å². The maximum atomic E-state index is 11.9. The lowest BCUT2D eigenvalue weighted by atomic mass is 10.3. The predicted molar refractivity (Wildman–Crippen MR) is 65.0 cm³/mol. The van der Waals surface area contributed by atoms with Gasteiger partial charge in [0, 0.05) is 18.5 Å². The molecule has 0 atom stereocenters. The highest BCUT2D eigenvalue weighted by atomic mass is 32.2. The van der Waals surface area contributed by atoms with Crippen molar-refractivity contribution in [2.45, 2.75) is 6.92 Å². The van der Waals surface area contributed by atoms with Gasteiger partial charge in [-0.1, -0.05) is 6.07 Å². The Morgan fingerprint density at radius 3 is 2.74 bits per heavy atom. The first kappa shape index (κ1) is 13.0. The van der Waals surface area contributed by atoms with E-state index in [4.69, 9.17) is 4.18 Å². The summed E-state index contributed by atoms with van der Waals surface area (Å²) in [6.45, 7) is 1.49. The lowest BCUT2D eigenvalue weighted by Gasteiger charge is -2.08. The van der Waals surface area contributed by atoms with Gasteiger partial charge in [0.2, 0.25) is 0 Å². The number of nitro benzene ring substituents is 1. The molecule has 100 valence electrons. The molecule has 0 spiro atoms. The highest BCUT2D eigenvalue weighted by molar-refractivity contribution is 7.85. The molecular formula is C10H9N3O5S. The van der Waals surface area contributed by atoms with Crippen molar-refractivity contribution in [2.75, 3.05) is 0 Å². The van der Waals surface area contributed by atoms with Gasteiger partial charge in [-0.25, -0.2) is 4.98 Å². The second-order valence-corrected chi connectivity index (χ2v) is 4.98. The molecule has 2 aromatic rings. The number of nitro groups is 1. The van der Waals surface area contributed by atoms with Gasteiger partial charge >= 0.3 is 10.3 Å². The Morgan fingerprint density at radius 2 is 2.16 bits per heavy atom. The normalized spacial score (nSPS) is 11.2. The summed E-state index contributed by atoms with van der Waals surface area (Å²) in [5.41, 5.74) is -0.255. The van der Waals surface area contributed by atoms with E-state index < -0.39 is 15.2 Å². The summed E-state index contributed by atoms with van der Waals surface area (Å²) in [6, 6.07) is 4.92. The first-order valence-electron chi connectivity index (χ1n) is 5.09. The van der Waals surface area contributed by atoms with Gasteiger partial charge in [0.05, 0.1) is 11.0 Å². The van der Waals surface area contributed by atoms with Crippen molar-refractivity contribution >= 4 is 16.0 Å². The number of rotatable bonds is 4. The van der Waals surface area contributed by atoms with E-state index in [0.717, 1.165) is 10.0 Å².